The number of carbonyl (C=O) groups excluding carboxylic acids is 3. The number of nitrogens with zero attached hydrogens (tertiary/aromatic N) is 4. The van der Waals surface area contributed by atoms with Crippen LogP contribution in [0.25, 0.3) is 0 Å². The lowest BCUT2D eigenvalue weighted by Crippen LogP contribution is -2.38. The van der Waals surface area contributed by atoms with E-state index >= 15 is 0 Å². The van der Waals surface area contributed by atoms with Crippen LogP contribution in [0.5, 0.6) is 5.75 Å². The Morgan fingerprint density at radius 1 is 1.07 bits per heavy atom. The summed E-state index contributed by atoms with van der Waals surface area (Å²) in [5, 5.41) is 13.5. The average Bonchev–Trinajstić information content (AvgIpc) is 3.49. The highest BCUT2D eigenvalue weighted by atomic mass is 32.1. The summed E-state index contributed by atoms with van der Waals surface area (Å²) in [5.74, 6) is 0.605. The summed E-state index contributed by atoms with van der Waals surface area (Å²) in [6.45, 7) is 1.65. The number of amides is 2. The minimum atomic E-state index is -0.436. The molecule has 0 atom stereocenters. The van der Waals surface area contributed by atoms with Gasteiger partial charge >= 0.3 is 0 Å². The molecule has 1 aromatic heterocycles. The molecular weight excluding hydrogens is 532 g/mol. The first-order chi connectivity index (χ1) is 19.2. The zero-order valence-corrected chi connectivity index (χ0v) is 23.4. The topological polar surface area (TPSA) is 123 Å². The van der Waals surface area contributed by atoms with Crippen molar-refractivity contribution in [2.45, 2.75) is 38.0 Å². The summed E-state index contributed by atoms with van der Waals surface area (Å²) in [6.07, 6.45) is 2.44. The van der Waals surface area contributed by atoms with Gasteiger partial charge in [0, 0.05) is 68.5 Å². The summed E-state index contributed by atoms with van der Waals surface area (Å²) in [7, 11) is 3.29. The van der Waals surface area contributed by atoms with Crippen LogP contribution in [0.15, 0.2) is 53.9 Å². The van der Waals surface area contributed by atoms with E-state index in [-0.39, 0.29) is 42.0 Å². The highest BCUT2D eigenvalue weighted by Crippen LogP contribution is 2.31. The third-order valence-corrected chi connectivity index (χ3v) is 8.15. The summed E-state index contributed by atoms with van der Waals surface area (Å²) in [4.78, 5) is 56.5. The molecule has 0 unspecified atom stereocenters. The Morgan fingerprint density at radius 3 is 2.38 bits per heavy atom. The first kappa shape index (κ1) is 28.9. The van der Waals surface area contributed by atoms with Gasteiger partial charge in [0.25, 0.3) is 11.6 Å². The largest absolute Gasteiger partial charge is 0.497 e. The third-order valence-electron chi connectivity index (χ3n) is 7.15. The van der Waals surface area contributed by atoms with E-state index in [0.29, 0.717) is 43.1 Å². The predicted molar refractivity (Wildman–Crippen MR) is 151 cm³/mol. The van der Waals surface area contributed by atoms with E-state index < -0.39 is 4.92 Å². The Morgan fingerprint density at radius 2 is 1.75 bits per heavy atom. The molecular formula is C29H32N4O6S. The van der Waals surface area contributed by atoms with Gasteiger partial charge in [0.2, 0.25) is 5.91 Å². The van der Waals surface area contributed by atoms with Gasteiger partial charge in [0.05, 0.1) is 17.0 Å². The van der Waals surface area contributed by atoms with Gasteiger partial charge in [0.1, 0.15) is 11.4 Å². The fourth-order valence-electron chi connectivity index (χ4n) is 4.63. The molecule has 40 heavy (non-hydrogen) atoms. The summed E-state index contributed by atoms with van der Waals surface area (Å²) in [6, 6.07) is 13.2. The Labute approximate surface area is 236 Å². The van der Waals surface area contributed by atoms with E-state index in [9.17, 15) is 24.5 Å². The van der Waals surface area contributed by atoms with Crippen LogP contribution < -0.4 is 4.74 Å². The number of likely N-dealkylation sites (tertiary alicyclic amines) is 1. The summed E-state index contributed by atoms with van der Waals surface area (Å²) >= 11 is 1.47. The molecule has 0 radical (unpaired) electrons. The van der Waals surface area contributed by atoms with Crippen LogP contribution in [0.3, 0.4) is 0 Å². The zero-order valence-electron chi connectivity index (χ0n) is 22.6. The molecule has 0 N–H and O–H groups in total. The molecule has 3 aromatic rings. The van der Waals surface area contributed by atoms with E-state index in [1.165, 1.54) is 23.5 Å². The van der Waals surface area contributed by atoms with Crippen LogP contribution in [0.4, 0.5) is 5.69 Å². The minimum absolute atomic E-state index is 0.0232. The van der Waals surface area contributed by atoms with Crippen molar-refractivity contribution < 1.29 is 24.0 Å². The van der Waals surface area contributed by atoms with Crippen LogP contribution >= 0.6 is 11.3 Å². The van der Waals surface area contributed by atoms with E-state index in [2.05, 4.69) is 4.98 Å². The Balaban J connectivity index is 1.21. The van der Waals surface area contributed by atoms with Gasteiger partial charge < -0.3 is 14.5 Å². The molecule has 0 bridgehead atoms. The van der Waals surface area contributed by atoms with Crippen LogP contribution in [-0.4, -0.2) is 71.1 Å². The van der Waals surface area contributed by atoms with Crippen LogP contribution in [0.1, 0.15) is 63.0 Å². The number of nitro groups is 1. The number of likely N-dealkylation sites (N-methyl/N-ethyl adjacent to an activating group) is 1. The maximum atomic E-state index is 12.9. The zero-order chi connectivity index (χ0) is 28.6. The molecule has 2 aromatic carbocycles. The van der Waals surface area contributed by atoms with Crippen LogP contribution in [0, 0.1) is 10.1 Å². The number of Topliss-reactive ketones (excluding diaryl/α,β-unsaturated/α-hetero) is 1. The maximum Gasteiger partial charge on any atom is 0.273 e. The fraction of sp³-hybridized carbons (Fsp3) is 0.379. The molecule has 1 saturated heterocycles. The number of nitro benzene ring substituents is 1. The normalized spacial score (nSPS) is 13.6. The van der Waals surface area contributed by atoms with Gasteiger partial charge in [-0.1, -0.05) is 12.1 Å². The number of thiazole rings is 1. The second-order valence-corrected chi connectivity index (χ2v) is 10.7. The van der Waals surface area contributed by atoms with Gasteiger partial charge in [-0.3, -0.25) is 24.5 Å². The van der Waals surface area contributed by atoms with Crippen molar-refractivity contribution in [3.63, 3.8) is 0 Å². The van der Waals surface area contributed by atoms with Crippen LogP contribution in [0.2, 0.25) is 0 Å². The number of methoxy groups -OCH3 is 1. The van der Waals surface area contributed by atoms with Gasteiger partial charge in [-0.15, -0.1) is 11.3 Å². The molecule has 11 heteroatoms. The number of piperidine rings is 1. The number of aromatic nitrogens is 1. The lowest BCUT2D eigenvalue weighted by molar-refractivity contribution is -0.384. The number of benzene rings is 2. The molecule has 4 rings (SSSR count). The minimum Gasteiger partial charge on any atom is -0.497 e. The van der Waals surface area contributed by atoms with Crippen molar-refractivity contribution in [2.75, 3.05) is 33.8 Å². The monoisotopic (exact) mass is 564 g/mol. The number of ether oxygens (including phenoxy) is 1. The molecule has 0 saturated carbocycles. The number of hydrogen-bond acceptors (Lipinski definition) is 8. The molecule has 0 spiro atoms. The number of hydrogen-bond donors (Lipinski definition) is 0. The molecule has 210 valence electrons. The Kier molecular flexibility index (Phi) is 9.60. The van der Waals surface area contributed by atoms with Crippen molar-refractivity contribution in [1.29, 1.82) is 0 Å². The maximum absolute atomic E-state index is 12.9. The number of carbonyl (C=O) groups is 3. The molecule has 1 aliphatic rings. The van der Waals surface area contributed by atoms with Gasteiger partial charge in [-0.05, 0) is 49.1 Å². The lowest BCUT2D eigenvalue weighted by Gasteiger charge is -2.31. The number of ketones is 1. The Hall–Kier alpha value is -4.12. The van der Waals surface area contributed by atoms with Crippen molar-refractivity contribution >= 4 is 34.6 Å². The fourth-order valence-corrected chi connectivity index (χ4v) is 5.59. The van der Waals surface area contributed by atoms with Crippen molar-refractivity contribution in [3.8, 4) is 5.75 Å². The molecule has 10 nitrogen and oxygen atoms in total. The van der Waals surface area contributed by atoms with E-state index in [1.54, 1.807) is 60.8 Å². The standard InChI is InChI=1S/C29H32N4O6S/c1-31(16-13-20-3-7-23(8-4-20)33(37)38)29(36)25-19-40-28(30-25)22-14-17-32(18-15-22)27(35)12-11-26(34)21-5-9-24(39-2)10-6-21/h3-10,19,22H,11-18H2,1-2H3. The highest BCUT2D eigenvalue weighted by Gasteiger charge is 2.27. The molecule has 1 aliphatic heterocycles. The predicted octanol–water partition coefficient (Wildman–Crippen LogP) is 4.74. The lowest BCUT2D eigenvalue weighted by atomic mass is 9.97. The number of non-ortho nitro benzene ring substituents is 1. The van der Waals surface area contributed by atoms with Crippen LogP contribution in [-0.2, 0) is 11.2 Å². The third kappa shape index (κ3) is 7.29. The van der Waals surface area contributed by atoms with Crippen molar-refractivity contribution in [2.24, 2.45) is 0 Å². The second kappa shape index (κ2) is 13.3. The van der Waals surface area contributed by atoms with Gasteiger partial charge in [-0.2, -0.15) is 0 Å². The summed E-state index contributed by atoms with van der Waals surface area (Å²) in [5.41, 5.74) is 1.93. The van der Waals surface area contributed by atoms with E-state index in [0.717, 1.165) is 23.4 Å². The van der Waals surface area contributed by atoms with Crippen molar-refractivity contribution in [3.05, 3.63) is 85.9 Å². The molecule has 1 fully saturated rings. The first-order valence-electron chi connectivity index (χ1n) is 13.1. The quantitative estimate of drug-likeness (QED) is 0.187. The first-order valence-corrected chi connectivity index (χ1v) is 14.0. The van der Waals surface area contributed by atoms with Gasteiger partial charge in [0.15, 0.2) is 5.78 Å². The molecule has 2 heterocycles. The summed E-state index contributed by atoms with van der Waals surface area (Å²) < 4.78 is 5.11. The second-order valence-electron chi connectivity index (χ2n) is 9.78. The smallest absolute Gasteiger partial charge is 0.273 e. The molecule has 2 amide bonds. The number of rotatable bonds is 11. The molecule has 0 aliphatic carbocycles. The SMILES string of the molecule is COc1ccc(C(=O)CCC(=O)N2CCC(c3nc(C(=O)N(C)CCc4ccc([N+](=O)[O-])cc4)cs3)CC2)cc1. The average molecular weight is 565 g/mol. The van der Waals surface area contributed by atoms with E-state index in [4.69, 9.17) is 4.74 Å². The highest BCUT2D eigenvalue weighted by molar-refractivity contribution is 7.09. The Bertz CT molecular complexity index is 1350. The van der Waals surface area contributed by atoms with Gasteiger partial charge in [-0.25, -0.2) is 4.98 Å². The van der Waals surface area contributed by atoms with Crippen molar-refractivity contribution in [1.82, 2.24) is 14.8 Å². The van der Waals surface area contributed by atoms with E-state index in [1.807, 2.05) is 4.90 Å².